The summed E-state index contributed by atoms with van der Waals surface area (Å²) < 4.78 is 31.0. The predicted octanol–water partition coefficient (Wildman–Crippen LogP) is 5.42. The van der Waals surface area contributed by atoms with E-state index in [4.69, 9.17) is 28.3 Å². The minimum atomic E-state index is -2.02. The van der Waals surface area contributed by atoms with Gasteiger partial charge in [0.05, 0.1) is 41.4 Å². The number of phenols is 1. The molecule has 5 bridgehead atoms. The molecule has 4 aliphatic heterocycles. The molecule has 4 aliphatic rings. The number of allylic oxidation sites excluding steroid dienone is 2. The number of aliphatic hydroxyl groups is 3. The van der Waals surface area contributed by atoms with Gasteiger partial charge in [-0.15, -0.1) is 0 Å². The molecule has 9 atom stereocenters. The van der Waals surface area contributed by atoms with E-state index < -0.39 is 88.1 Å². The molecule has 1 fully saturated rings. The van der Waals surface area contributed by atoms with Crippen LogP contribution in [-0.2, 0) is 19.0 Å². The third-order valence-corrected chi connectivity index (χ3v) is 14.5. The number of benzene rings is 3. The van der Waals surface area contributed by atoms with Crippen molar-refractivity contribution >= 4 is 62.0 Å². The number of amides is 1. The molecule has 5 N–H and O–H groups in total. The van der Waals surface area contributed by atoms with Crippen LogP contribution in [-0.4, -0.2) is 122 Å². The standard InChI is InChI=1S/C54H64N6O13/c1-26(2)25-59-17-19-60(20-18-59)33-22-35(61)41-37(23-33)71-50-42(57-41)38-39-46(64)32(8)49-40(38)51(66)54(9,73-49)70-21-14-36(69-10)29(5)48(72-53(68)34-24-55-15-16-56-34)31(7)45(63)30(6)44(62)27(3)12-11-13-28(4)52(67)58-43(50)47(39)65/h11-16,21-24,26-27,29-31,36,44-45,48,62-64,66H,17-20,25H2,1-10H3,(H,58,67)/b12-11+,21-14+,28-13-. The van der Waals surface area contributed by atoms with Gasteiger partial charge in [0.15, 0.2) is 28.1 Å². The van der Waals surface area contributed by atoms with Gasteiger partial charge in [0.2, 0.25) is 10.9 Å². The van der Waals surface area contributed by atoms with Crippen LogP contribution in [0.4, 0.5) is 11.4 Å². The third kappa shape index (κ3) is 9.98. The molecule has 5 aromatic rings. The van der Waals surface area contributed by atoms with Crippen molar-refractivity contribution in [3.63, 3.8) is 0 Å². The molecule has 0 saturated carbocycles. The highest BCUT2D eigenvalue weighted by molar-refractivity contribution is 6.17. The van der Waals surface area contributed by atoms with Crippen molar-refractivity contribution in [1.82, 2.24) is 19.9 Å². The number of anilines is 2. The summed E-state index contributed by atoms with van der Waals surface area (Å²) in [4.78, 5) is 74.1. The van der Waals surface area contributed by atoms with E-state index in [1.165, 1.54) is 71.0 Å². The molecule has 3 aromatic carbocycles. The maximum atomic E-state index is 15.0. The molecule has 1 amide bonds. The Kier molecular flexibility index (Phi) is 15.0. The second-order valence-electron chi connectivity index (χ2n) is 20.1. The number of rotatable bonds is 6. The molecule has 0 aliphatic carbocycles. The van der Waals surface area contributed by atoms with Crippen LogP contribution in [0, 0.1) is 36.5 Å². The maximum Gasteiger partial charge on any atom is 0.358 e. The molecule has 19 nitrogen and oxygen atoms in total. The highest BCUT2D eigenvalue weighted by Crippen LogP contribution is 2.42. The number of ether oxygens (including phenoxy) is 4. The molecule has 9 rings (SSSR count). The van der Waals surface area contributed by atoms with Gasteiger partial charge >= 0.3 is 11.8 Å². The van der Waals surface area contributed by atoms with E-state index in [0.29, 0.717) is 24.7 Å². The number of esters is 1. The first-order valence-corrected chi connectivity index (χ1v) is 24.6. The number of nitrogens with one attached hydrogen (secondary N) is 1. The number of hydrogen-bond acceptors (Lipinski definition) is 18. The first kappa shape index (κ1) is 52.4. The van der Waals surface area contributed by atoms with Crippen LogP contribution in [0.15, 0.2) is 80.9 Å². The third-order valence-electron chi connectivity index (χ3n) is 14.5. The predicted molar refractivity (Wildman–Crippen MR) is 274 cm³/mol. The van der Waals surface area contributed by atoms with Crippen LogP contribution in [0.3, 0.4) is 0 Å². The van der Waals surface area contributed by atoms with Crippen molar-refractivity contribution < 1.29 is 53.4 Å². The maximum absolute atomic E-state index is 15.0. The first-order chi connectivity index (χ1) is 34.6. The number of piperazine rings is 1. The van der Waals surface area contributed by atoms with Gasteiger partial charge in [-0.05, 0) is 25.8 Å². The normalized spacial score (nSPS) is 28.2. The van der Waals surface area contributed by atoms with Gasteiger partial charge in [0, 0.05) is 117 Å². The van der Waals surface area contributed by atoms with Crippen LogP contribution >= 0.6 is 0 Å². The summed E-state index contributed by atoms with van der Waals surface area (Å²) in [7, 11) is 1.43. The van der Waals surface area contributed by atoms with E-state index in [1.54, 1.807) is 45.9 Å². The van der Waals surface area contributed by atoms with Gasteiger partial charge in [-0.1, -0.05) is 59.8 Å². The molecule has 6 heterocycles. The Balaban J connectivity index is 1.31. The monoisotopic (exact) mass is 1000 g/mol. The van der Waals surface area contributed by atoms with E-state index in [9.17, 15) is 39.6 Å². The molecule has 388 valence electrons. The number of fused-ring (bicyclic) bond motifs is 14. The second kappa shape index (κ2) is 20.9. The zero-order valence-corrected chi connectivity index (χ0v) is 42.7. The molecule has 19 heteroatoms. The molecular weight excluding hydrogens is 941 g/mol. The van der Waals surface area contributed by atoms with E-state index in [0.717, 1.165) is 19.6 Å². The van der Waals surface area contributed by atoms with E-state index in [-0.39, 0.29) is 66.5 Å². The number of aliphatic hydroxyl groups excluding tert-OH is 3. The van der Waals surface area contributed by atoms with Crippen molar-refractivity contribution in [3.8, 4) is 11.5 Å². The summed E-state index contributed by atoms with van der Waals surface area (Å²) >= 11 is 0. The summed E-state index contributed by atoms with van der Waals surface area (Å²) in [6.45, 7) is 19.4. The Hall–Kier alpha value is -6.93. The van der Waals surface area contributed by atoms with Crippen LogP contribution in [0.2, 0.25) is 0 Å². The van der Waals surface area contributed by atoms with Gasteiger partial charge in [-0.2, -0.15) is 0 Å². The number of nitrogens with zero attached hydrogens (tertiary/aromatic N) is 5. The summed E-state index contributed by atoms with van der Waals surface area (Å²) in [5.74, 6) is -7.08. The largest absolute Gasteiger partial charge is 0.507 e. The number of carbonyl (C=O) groups is 2. The first-order valence-electron chi connectivity index (χ1n) is 24.6. The summed E-state index contributed by atoms with van der Waals surface area (Å²) in [5, 5.41) is 49.8. The Morgan fingerprint density at radius 1 is 0.945 bits per heavy atom. The fraction of sp³-hybridized carbons (Fsp3) is 0.463. The molecule has 2 aromatic heterocycles. The van der Waals surface area contributed by atoms with Crippen LogP contribution in [0.1, 0.15) is 71.4 Å². The lowest BCUT2D eigenvalue weighted by atomic mass is 9.78. The number of aromatic hydroxyl groups is 1. The quantitative estimate of drug-likeness (QED) is 0.0808. The van der Waals surface area contributed by atoms with Gasteiger partial charge in [0.1, 0.15) is 28.8 Å². The van der Waals surface area contributed by atoms with E-state index >= 15 is 0 Å². The lowest BCUT2D eigenvalue weighted by Crippen LogP contribution is -2.47. The Bertz CT molecular complexity index is 3220. The SMILES string of the molecule is COC1/C=C/OC2(C)Oc3c(C)c(O)c4c(=O)c(c5oc6cc(N7CCN(CC(C)C)CC7)cc(=O)c6nc5c4c3=C2O)NC(=O)/C(C)=C\C=C\C(C)C(O)C(C)C(O)C(C)C(OC(=O)c2cnccn2)C1C. The molecule has 9 unspecified atom stereocenters. The highest BCUT2D eigenvalue weighted by atomic mass is 16.7. The van der Waals surface area contributed by atoms with E-state index in [2.05, 4.69) is 38.9 Å². The van der Waals surface area contributed by atoms with Crippen molar-refractivity contribution in [2.75, 3.05) is 50.1 Å². The van der Waals surface area contributed by atoms with Crippen molar-refractivity contribution in [1.29, 1.82) is 0 Å². The number of carbonyl (C=O) groups excluding carboxylic acids is 2. The summed E-state index contributed by atoms with van der Waals surface area (Å²) in [5.41, 5.74) is -1.54. The average molecular weight is 1010 g/mol. The second-order valence-corrected chi connectivity index (χ2v) is 20.1. The van der Waals surface area contributed by atoms with Crippen molar-refractivity contribution in [2.24, 2.45) is 29.6 Å². The Labute approximate surface area is 421 Å². The van der Waals surface area contributed by atoms with Crippen LogP contribution in [0.25, 0.3) is 38.7 Å². The van der Waals surface area contributed by atoms with Gasteiger partial charge < -0.3 is 54.0 Å². The number of phenolic OH excluding ortho intramolecular Hbond substituents is 1. The molecule has 73 heavy (non-hydrogen) atoms. The average Bonchev–Trinajstić information content (AvgIpc) is 3.64. The Morgan fingerprint density at radius 2 is 1.67 bits per heavy atom. The van der Waals surface area contributed by atoms with Gasteiger partial charge in [0.25, 0.3) is 5.91 Å². The molecule has 1 saturated heterocycles. The summed E-state index contributed by atoms with van der Waals surface area (Å²) in [6.07, 6.45) is 7.14. The zero-order chi connectivity index (χ0) is 52.8. The fourth-order valence-electron chi connectivity index (χ4n) is 10.2. The molecule has 0 spiro atoms. The van der Waals surface area contributed by atoms with Crippen LogP contribution < -0.4 is 31.0 Å². The molecular formula is C54H64N6O13. The number of hydrogen-bond donors (Lipinski definition) is 5. The lowest BCUT2D eigenvalue weighted by Gasteiger charge is -2.38. The fourth-order valence-corrected chi connectivity index (χ4v) is 10.2. The lowest BCUT2D eigenvalue weighted by molar-refractivity contribution is -0.112. The van der Waals surface area contributed by atoms with Crippen molar-refractivity contribution in [3.05, 3.63) is 104 Å². The number of aromatic nitrogens is 3. The zero-order valence-electron chi connectivity index (χ0n) is 42.7. The van der Waals surface area contributed by atoms with Crippen molar-refractivity contribution in [2.45, 2.75) is 92.5 Å². The van der Waals surface area contributed by atoms with Gasteiger partial charge in [-0.3, -0.25) is 24.3 Å². The smallest absolute Gasteiger partial charge is 0.358 e. The molecule has 0 radical (unpaired) electrons. The minimum absolute atomic E-state index is 0.0295. The van der Waals surface area contributed by atoms with E-state index in [1.807, 2.05) is 0 Å². The topological polar surface area (TPSA) is 256 Å². The minimum Gasteiger partial charge on any atom is -0.507 e. The highest BCUT2D eigenvalue weighted by Gasteiger charge is 2.44. The number of methoxy groups -OCH3 is 1. The summed E-state index contributed by atoms with van der Waals surface area (Å²) in [6, 6.07) is 3.15. The van der Waals surface area contributed by atoms with Crippen LogP contribution in [0.5, 0.6) is 11.5 Å². The van der Waals surface area contributed by atoms with Gasteiger partial charge in [-0.25, -0.2) is 14.8 Å². The Morgan fingerprint density at radius 3 is 2.34 bits per heavy atom.